The molecular formula is C10H19N3O. The van der Waals surface area contributed by atoms with E-state index in [1.54, 1.807) is 0 Å². The lowest BCUT2D eigenvalue weighted by atomic mass is 10.3. The molecule has 0 radical (unpaired) electrons. The van der Waals surface area contributed by atoms with E-state index < -0.39 is 0 Å². The van der Waals surface area contributed by atoms with Gasteiger partial charge in [-0.2, -0.15) is 0 Å². The number of nitrogens with one attached hydrogen (secondary N) is 1. The summed E-state index contributed by atoms with van der Waals surface area (Å²) >= 11 is 0. The standard InChI is InChI=1S/C10H19N3O/c1-4-6-9-12-14-10(7-8-11-3)13(9)5-2/h4,6,10-11H,5,7-8H2,1-3H3/b6-4+. The van der Waals surface area contributed by atoms with Crippen LogP contribution in [0.2, 0.25) is 0 Å². The lowest BCUT2D eigenvalue weighted by Gasteiger charge is -2.22. The molecule has 4 nitrogen and oxygen atoms in total. The zero-order chi connectivity index (χ0) is 10.4. The Kier molecular flexibility index (Phi) is 4.46. The molecule has 0 aromatic carbocycles. The van der Waals surface area contributed by atoms with Gasteiger partial charge in [0.05, 0.1) is 0 Å². The fraction of sp³-hybridized carbons (Fsp3) is 0.700. The van der Waals surface area contributed by atoms with Gasteiger partial charge in [0, 0.05) is 19.5 Å². The second-order valence-corrected chi connectivity index (χ2v) is 3.19. The van der Waals surface area contributed by atoms with E-state index in [9.17, 15) is 0 Å². The number of hydrogen-bond acceptors (Lipinski definition) is 4. The summed E-state index contributed by atoms with van der Waals surface area (Å²) in [7, 11) is 1.94. The maximum Gasteiger partial charge on any atom is 0.202 e. The summed E-state index contributed by atoms with van der Waals surface area (Å²) in [4.78, 5) is 7.51. The first kappa shape index (κ1) is 11.0. The Hall–Kier alpha value is -1.03. The molecule has 1 atom stereocenters. The van der Waals surface area contributed by atoms with Crippen LogP contribution >= 0.6 is 0 Å². The summed E-state index contributed by atoms with van der Waals surface area (Å²) in [6, 6.07) is 0. The Morgan fingerprint density at radius 1 is 1.64 bits per heavy atom. The van der Waals surface area contributed by atoms with Crippen LogP contribution in [0.25, 0.3) is 0 Å². The van der Waals surface area contributed by atoms with E-state index in [0.29, 0.717) is 0 Å². The van der Waals surface area contributed by atoms with E-state index in [0.717, 1.165) is 25.3 Å². The van der Waals surface area contributed by atoms with Crippen molar-refractivity contribution in [2.75, 3.05) is 20.1 Å². The second kappa shape index (κ2) is 5.65. The van der Waals surface area contributed by atoms with Crippen molar-refractivity contribution in [1.82, 2.24) is 10.2 Å². The molecule has 1 aliphatic heterocycles. The Bertz CT molecular complexity index is 225. The summed E-state index contributed by atoms with van der Waals surface area (Å²) in [5.41, 5.74) is 0. The predicted molar refractivity (Wildman–Crippen MR) is 58.0 cm³/mol. The molecule has 4 heteroatoms. The summed E-state index contributed by atoms with van der Waals surface area (Å²) < 4.78 is 0. The first-order chi connectivity index (χ1) is 6.83. The summed E-state index contributed by atoms with van der Waals surface area (Å²) in [5.74, 6) is 0.927. The van der Waals surface area contributed by atoms with Gasteiger partial charge in [-0.15, -0.1) is 0 Å². The molecule has 80 valence electrons. The maximum atomic E-state index is 5.35. The van der Waals surface area contributed by atoms with E-state index in [2.05, 4.69) is 22.3 Å². The van der Waals surface area contributed by atoms with Crippen LogP contribution in [0.5, 0.6) is 0 Å². The van der Waals surface area contributed by atoms with Crippen molar-refractivity contribution in [1.29, 1.82) is 0 Å². The molecule has 1 heterocycles. The van der Waals surface area contributed by atoms with Gasteiger partial charge in [-0.3, -0.25) is 0 Å². The van der Waals surface area contributed by atoms with Crippen LogP contribution in [0.15, 0.2) is 17.3 Å². The van der Waals surface area contributed by atoms with Crippen molar-refractivity contribution in [2.24, 2.45) is 5.16 Å². The van der Waals surface area contributed by atoms with E-state index in [-0.39, 0.29) is 6.23 Å². The van der Waals surface area contributed by atoms with E-state index in [4.69, 9.17) is 4.84 Å². The summed E-state index contributed by atoms with van der Waals surface area (Å²) in [6.45, 7) is 5.97. The minimum absolute atomic E-state index is 0.0960. The highest BCUT2D eigenvalue weighted by Crippen LogP contribution is 2.15. The number of oxime groups is 1. The van der Waals surface area contributed by atoms with Crippen LogP contribution in [-0.2, 0) is 4.84 Å². The molecule has 0 spiro atoms. The Morgan fingerprint density at radius 2 is 2.43 bits per heavy atom. The van der Waals surface area contributed by atoms with Crippen LogP contribution in [0, 0.1) is 0 Å². The molecule has 14 heavy (non-hydrogen) atoms. The lowest BCUT2D eigenvalue weighted by Crippen LogP contribution is -2.36. The second-order valence-electron chi connectivity index (χ2n) is 3.19. The molecule has 0 fully saturated rings. The van der Waals surface area contributed by atoms with Gasteiger partial charge in [0.25, 0.3) is 0 Å². The van der Waals surface area contributed by atoms with Gasteiger partial charge in [-0.1, -0.05) is 11.2 Å². The first-order valence-corrected chi connectivity index (χ1v) is 5.11. The van der Waals surface area contributed by atoms with E-state index >= 15 is 0 Å². The highest BCUT2D eigenvalue weighted by atomic mass is 16.7. The smallest absolute Gasteiger partial charge is 0.202 e. The molecule has 0 aliphatic carbocycles. The zero-order valence-corrected chi connectivity index (χ0v) is 9.16. The highest BCUT2D eigenvalue weighted by Gasteiger charge is 2.26. The predicted octanol–water partition coefficient (Wildman–Crippen LogP) is 1.16. The quantitative estimate of drug-likeness (QED) is 0.718. The number of rotatable bonds is 5. The lowest BCUT2D eigenvalue weighted by molar-refractivity contribution is 0.00749. The maximum absolute atomic E-state index is 5.35. The van der Waals surface area contributed by atoms with Gasteiger partial charge in [-0.05, 0) is 27.0 Å². The van der Waals surface area contributed by atoms with Gasteiger partial charge in [0.15, 0.2) is 5.84 Å². The SMILES string of the molecule is C/C=C/C1=NOC(CCNC)N1CC. The zero-order valence-electron chi connectivity index (χ0n) is 9.16. The fourth-order valence-electron chi connectivity index (χ4n) is 1.49. The third-order valence-corrected chi connectivity index (χ3v) is 2.21. The van der Waals surface area contributed by atoms with Crippen LogP contribution in [-0.4, -0.2) is 37.1 Å². The average Bonchev–Trinajstić information content (AvgIpc) is 2.58. The van der Waals surface area contributed by atoms with Crippen LogP contribution in [0.1, 0.15) is 20.3 Å². The molecule has 1 unspecified atom stereocenters. The number of hydrogen-bond donors (Lipinski definition) is 1. The molecule has 0 amide bonds. The molecule has 0 saturated heterocycles. The van der Waals surface area contributed by atoms with Gasteiger partial charge in [0.1, 0.15) is 0 Å². The van der Waals surface area contributed by atoms with Crippen molar-refractivity contribution >= 4 is 5.84 Å². The summed E-state index contributed by atoms with van der Waals surface area (Å²) in [6.07, 6.45) is 5.00. The van der Waals surface area contributed by atoms with E-state index in [1.165, 1.54) is 0 Å². The third-order valence-electron chi connectivity index (χ3n) is 2.21. The van der Waals surface area contributed by atoms with Crippen molar-refractivity contribution in [3.8, 4) is 0 Å². The topological polar surface area (TPSA) is 36.9 Å². The molecule has 1 rings (SSSR count). The molecule has 1 N–H and O–H groups in total. The Labute approximate surface area is 85.6 Å². The average molecular weight is 197 g/mol. The normalized spacial score (nSPS) is 21.5. The highest BCUT2D eigenvalue weighted by molar-refractivity contribution is 5.93. The van der Waals surface area contributed by atoms with Gasteiger partial charge < -0.3 is 15.1 Å². The van der Waals surface area contributed by atoms with Gasteiger partial charge >= 0.3 is 0 Å². The molecule has 1 aliphatic rings. The minimum atomic E-state index is 0.0960. The number of allylic oxidation sites excluding steroid dienone is 1. The largest absolute Gasteiger partial charge is 0.368 e. The minimum Gasteiger partial charge on any atom is -0.368 e. The molecule has 0 bridgehead atoms. The van der Waals surface area contributed by atoms with Gasteiger partial charge in [-0.25, -0.2) is 0 Å². The number of nitrogens with zero attached hydrogens (tertiary/aromatic N) is 2. The molecule has 0 saturated carbocycles. The summed E-state index contributed by atoms with van der Waals surface area (Å²) in [5, 5.41) is 7.15. The van der Waals surface area contributed by atoms with Crippen molar-refractivity contribution in [3.05, 3.63) is 12.2 Å². The van der Waals surface area contributed by atoms with Crippen LogP contribution in [0.4, 0.5) is 0 Å². The first-order valence-electron chi connectivity index (χ1n) is 5.11. The molecule has 0 aromatic heterocycles. The van der Waals surface area contributed by atoms with Gasteiger partial charge in [0.2, 0.25) is 6.23 Å². The van der Waals surface area contributed by atoms with Crippen molar-refractivity contribution < 1.29 is 4.84 Å². The van der Waals surface area contributed by atoms with E-state index in [1.807, 2.05) is 26.1 Å². The molecule has 0 aromatic rings. The Morgan fingerprint density at radius 3 is 3.00 bits per heavy atom. The van der Waals surface area contributed by atoms with Crippen molar-refractivity contribution in [3.63, 3.8) is 0 Å². The van der Waals surface area contributed by atoms with Crippen LogP contribution in [0.3, 0.4) is 0 Å². The number of likely N-dealkylation sites (N-methyl/N-ethyl adjacent to an activating group) is 1. The monoisotopic (exact) mass is 197 g/mol. The van der Waals surface area contributed by atoms with Crippen molar-refractivity contribution in [2.45, 2.75) is 26.5 Å². The number of amidine groups is 1. The van der Waals surface area contributed by atoms with Crippen LogP contribution < -0.4 is 5.32 Å². The fourth-order valence-corrected chi connectivity index (χ4v) is 1.49. The third kappa shape index (κ3) is 2.48. The Balaban J connectivity index is 2.51. The molecular weight excluding hydrogens is 178 g/mol.